The zero-order chi connectivity index (χ0) is 23.2. The Morgan fingerprint density at radius 2 is 1.81 bits per heavy atom. The Balaban J connectivity index is 1.96. The van der Waals surface area contributed by atoms with Crippen molar-refractivity contribution >= 4 is 39.1 Å². The van der Waals surface area contributed by atoms with E-state index in [0.29, 0.717) is 33.0 Å². The number of carbonyl (C=O) groups excluding carboxylic acids is 2. The Kier molecular flexibility index (Phi) is 5.69. The number of carbonyl (C=O) groups is 2. The second-order valence-electron chi connectivity index (χ2n) is 7.76. The summed E-state index contributed by atoms with van der Waals surface area (Å²) < 4.78 is 11.7. The van der Waals surface area contributed by atoms with E-state index in [9.17, 15) is 14.7 Å². The summed E-state index contributed by atoms with van der Waals surface area (Å²) in [5, 5.41) is 11.2. The van der Waals surface area contributed by atoms with Crippen molar-refractivity contribution in [2.24, 2.45) is 0 Å². The van der Waals surface area contributed by atoms with E-state index in [1.54, 1.807) is 37.3 Å². The van der Waals surface area contributed by atoms with Crippen molar-refractivity contribution in [3.05, 3.63) is 86.8 Å². The van der Waals surface area contributed by atoms with Crippen molar-refractivity contribution in [1.82, 2.24) is 0 Å². The summed E-state index contributed by atoms with van der Waals surface area (Å²) in [7, 11) is 1.54. The number of halogens is 1. The number of benzene rings is 2. The Morgan fingerprint density at radius 3 is 2.44 bits per heavy atom. The van der Waals surface area contributed by atoms with Crippen LogP contribution in [0.2, 0.25) is 0 Å². The predicted molar refractivity (Wildman–Crippen MR) is 125 cm³/mol. The molecule has 3 aromatic rings. The lowest BCUT2D eigenvalue weighted by molar-refractivity contribution is -0.132. The number of amides is 1. The number of furan rings is 1. The first kappa shape index (κ1) is 21.9. The zero-order valence-corrected chi connectivity index (χ0v) is 19.7. The Labute approximate surface area is 194 Å². The molecule has 2 aromatic carbocycles. The largest absolute Gasteiger partial charge is 0.507 e. The fraction of sp³-hybridized carbons (Fsp3) is 0.200. The lowest BCUT2D eigenvalue weighted by Crippen LogP contribution is -2.30. The number of anilines is 1. The van der Waals surface area contributed by atoms with E-state index in [0.717, 1.165) is 11.1 Å². The van der Waals surface area contributed by atoms with E-state index in [1.807, 2.05) is 32.0 Å². The van der Waals surface area contributed by atoms with E-state index in [2.05, 4.69) is 15.9 Å². The molecule has 6 nitrogen and oxygen atoms in total. The molecule has 1 amide bonds. The van der Waals surface area contributed by atoms with Gasteiger partial charge < -0.3 is 14.3 Å². The first-order chi connectivity index (χ1) is 15.2. The molecule has 1 N–H and O–H groups in total. The maximum atomic E-state index is 13.2. The van der Waals surface area contributed by atoms with Gasteiger partial charge in [0.1, 0.15) is 29.1 Å². The third-order valence-corrected chi connectivity index (χ3v) is 6.14. The van der Waals surface area contributed by atoms with E-state index in [4.69, 9.17) is 9.15 Å². The molecule has 7 heteroatoms. The monoisotopic (exact) mass is 495 g/mol. The Bertz CT molecular complexity index is 1270. The number of rotatable bonds is 4. The number of Topliss-reactive ketones (excluding diaryl/α,β-unsaturated/α-hetero) is 1. The minimum atomic E-state index is -0.898. The van der Waals surface area contributed by atoms with E-state index >= 15 is 0 Å². The van der Waals surface area contributed by atoms with Crippen LogP contribution in [0.3, 0.4) is 0 Å². The minimum Gasteiger partial charge on any atom is -0.507 e. The van der Waals surface area contributed by atoms with Crippen LogP contribution < -0.4 is 9.64 Å². The van der Waals surface area contributed by atoms with Gasteiger partial charge in [-0.05, 0) is 84.2 Å². The molecular formula is C25H22BrNO5. The van der Waals surface area contributed by atoms with E-state index < -0.39 is 17.7 Å². The number of aryl methyl sites for hydroxylation is 3. The van der Waals surface area contributed by atoms with Gasteiger partial charge >= 0.3 is 0 Å². The summed E-state index contributed by atoms with van der Waals surface area (Å²) in [4.78, 5) is 27.9. The van der Waals surface area contributed by atoms with Gasteiger partial charge in [0, 0.05) is 11.3 Å². The van der Waals surface area contributed by atoms with Gasteiger partial charge in [-0.3, -0.25) is 14.5 Å². The molecule has 1 aliphatic heterocycles. The highest BCUT2D eigenvalue weighted by atomic mass is 79.9. The number of ketones is 1. The second kappa shape index (κ2) is 8.31. The highest BCUT2D eigenvalue weighted by Crippen LogP contribution is 2.44. The summed E-state index contributed by atoms with van der Waals surface area (Å²) in [5.41, 5.74) is 2.73. The van der Waals surface area contributed by atoms with Crippen LogP contribution in [0, 0.1) is 20.8 Å². The maximum absolute atomic E-state index is 13.2. The molecule has 32 heavy (non-hydrogen) atoms. The van der Waals surface area contributed by atoms with Crippen LogP contribution in [0.5, 0.6) is 5.75 Å². The third-order valence-electron chi connectivity index (χ3n) is 5.52. The highest BCUT2D eigenvalue weighted by Gasteiger charge is 2.48. The molecule has 1 aromatic heterocycles. The number of aliphatic hydroxyl groups excluding tert-OH is 1. The van der Waals surface area contributed by atoms with Gasteiger partial charge in [0.2, 0.25) is 0 Å². The van der Waals surface area contributed by atoms with Crippen LogP contribution in [0.25, 0.3) is 5.76 Å². The average Bonchev–Trinajstić information content (AvgIpc) is 3.30. The van der Waals surface area contributed by atoms with E-state index in [1.165, 1.54) is 12.0 Å². The average molecular weight is 496 g/mol. The number of hydrogen-bond acceptors (Lipinski definition) is 5. The molecule has 2 heterocycles. The number of hydrogen-bond donors (Lipinski definition) is 1. The molecule has 164 valence electrons. The fourth-order valence-corrected chi connectivity index (χ4v) is 4.44. The highest BCUT2D eigenvalue weighted by molar-refractivity contribution is 9.10. The van der Waals surface area contributed by atoms with Gasteiger partial charge in [-0.15, -0.1) is 0 Å². The fourth-order valence-electron chi connectivity index (χ4n) is 3.90. The topological polar surface area (TPSA) is 80.0 Å². The Hall–Kier alpha value is -3.32. The lowest BCUT2D eigenvalue weighted by Gasteiger charge is -2.25. The predicted octanol–water partition coefficient (Wildman–Crippen LogP) is 5.60. The summed E-state index contributed by atoms with van der Waals surface area (Å²) in [5.74, 6) is -0.147. The molecule has 0 spiro atoms. The smallest absolute Gasteiger partial charge is 0.300 e. The molecule has 1 unspecified atom stereocenters. The Morgan fingerprint density at radius 1 is 1.06 bits per heavy atom. The van der Waals surface area contributed by atoms with Crippen molar-refractivity contribution in [2.75, 3.05) is 12.0 Å². The van der Waals surface area contributed by atoms with Crippen LogP contribution in [-0.4, -0.2) is 23.9 Å². The summed E-state index contributed by atoms with van der Waals surface area (Å²) in [6.45, 7) is 5.58. The van der Waals surface area contributed by atoms with Crippen molar-refractivity contribution in [1.29, 1.82) is 0 Å². The molecule has 0 radical (unpaired) electrons. The van der Waals surface area contributed by atoms with E-state index in [-0.39, 0.29) is 11.3 Å². The number of aliphatic hydroxyl groups is 1. The first-order valence-corrected chi connectivity index (χ1v) is 10.8. The summed E-state index contributed by atoms with van der Waals surface area (Å²) in [6, 6.07) is 13.2. The SMILES string of the molecule is COc1ccc(/C(O)=C2/C(=O)C(=O)N(c3cc(C)ccc3C)C2c2ccc(C)o2)cc1Br. The van der Waals surface area contributed by atoms with Crippen LogP contribution in [0.1, 0.15) is 34.3 Å². The maximum Gasteiger partial charge on any atom is 0.300 e. The zero-order valence-electron chi connectivity index (χ0n) is 18.1. The van der Waals surface area contributed by atoms with Gasteiger partial charge in [0.15, 0.2) is 0 Å². The van der Waals surface area contributed by atoms with Crippen LogP contribution in [0.4, 0.5) is 5.69 Å². The normalized spacial score (nSPS) is 17.8. The number of methoxy groups -OCH3 is 1. The number of ether oxygens (including phenoxy) is 1. The molecular weight excluding hydrogens is 474 g/mol. The second-order valence-corrected chi connectivity index (χ2v) is 8.61. The molecule has 1 saturated heterocycles. The molecule has 0 bridgehead atoms. The standard InChI is InChI=1S/C25H22BrNO5/c1-13-5-6-14(2)18(11-13)27-22(20-9-7-15(3)32-20)21(24(29)25(27)30)23(28)16-8-10-19(31-4)17(26)12-16/h5-12,22,28H,1-4H3/b23-21-. The quantitative estimate of drug-likeness (QED) is 0.289. The molecule has 0 aliphatic carbocycles. The third kappa shape index (κ3) is 3.62. The molecule has 4 rings (SSSR count). The van der Waals surface area contributed by atoms with Crippen LogP contribution in [0.15, 0.2) is 63.0 Å². The van der Waals surface area contributed by atoms with Gasteiger partial charge in [-0.1, -0.05) is 12.1 Å². The van der Waals surface area contributed by atoms with Gasteiger partial charge in [0.25, 0.3) is 11.7 Å². The van der Waals surface area contributed by atoms with Crippen molar-refractivity contribution in [2.45, 2.75) is 26.8 Å². The van der Waals surface area contributed by atoms with Gasteiger partial charge in [-0.2, -0.15) is 0 Å². The van der Waals surface area contributed by atoms with Gasteiger partial charge in [-0.25, -0.2) is 0 Å². The summed E-state index contributed by atoms with van der Waals surface area (Å²) in [6.07, 6.45) is 0. The molecule has 0 saturated carbocycles. The first-order valence-electron chi connectivity index (χ1n) is 10.0. The molecule has 1 fully saturated rings. The minimum absolute atomic E-state index is 0.0256. The molecule has 1 aliphatic rings. The van der Waals surface area contributed by atoms with Crippen molar-refractivity contribution in [3.8, 4) is 5.75 Å². The molecule has 1 atom stereocenters. The van der Waals surface area contributed by atoms with Crippen molar-refractivity contribution < 1.29 is 23.8 Å². The summed E-state index contributed by atoms with van der Waals surface area (Å²) >= 11 is 3.40. The van der Waals surface area contributed by atoms with Gasteiger partial charge in [0.05, 0.1) is 17.2 Å². The van der Waals surface area contributed by atoms with Crippen molar-refractivity contribution in [3.63, 3.8) is 0 Å². The van der Waals surface area contributed by atoms with Crippen LogP contribution >= 0.6 is 15.9 Å². The lowest BCUT2D eigenvalue weighted by atomic mass is 9.98. The number of nitrogens with zero attached hydrogens (tertiary/aromatic N) is 1. The van der Waals surface area contributed by atoms with Crippen LogP contribution in [-0.2, 0) is 9.59 Å².